The number of thiol groups is 1. The molecule has 6 heteroatoms. The summed E-state index contributed by atoms with van der Waals surface area (Å²) < 4.78 is 6.72. The summed E-state index contributed by atoms with van der Waals surface area (Å²) in [6, 6.07) is 28.6. The van der Waals surface area contributed by atoms with Gasteiger partial charge in [-0.3, -0.25) is 4.79 Å². The molecule has 2 N–H and O–H groups in total. The number of hydrogen-bond donors (Lipinski definition) is 3. The molecular formula is C27H29NO4S. The van der Waals surface area contributed by atoms with Crippen LogP contribution >= 0.6 is 12.6 Å². The van der Waals surface area contributed by atoms with Crippen molar-refractivity contribution in [2.45, 2.75) is 25.5 Å². The minimum Gasteiger partial charge on any atom is -0.480 e. The average Bonchev–Trinajstić information content (AvgIpc) is 2.84. The molecule has 0 aliphatic heterocycles. The van der Waals surface area contributed by atoms with Crippen LogP contribution in [-0.2, 0) is 19.9 Å². The third-order valence-electron chi connectivity index (χ3n) is 5.59. The van der Waals surface area contributed by atoms with Gasteiger partial charge in [0, 0.05) is 5.75 Å². The summed E-state index contributed by atoms with van der Waals surface area (Å²) in [6.07, 6.45) is 0. The van der Waals surface area contributed by atoms with E-state index in [2.05, 4.69) is 17.9 Å². The molecule has 0 aromatic heterocycles. The highest BCUT2D eigenvalue weighted by Crippen LogP contribution is 2.41. The van der Waals surface area contributed by atoms with Gasteiger partial charge in [0.25, 0.3) is 0 Å². The van der Waals surface area contributed by atoms with E-state index in [4.69, 9.17) is 4.74 Å². The van der Waals surface area contributed by atoms with Crippen molar-refractivity contribution in [2.75, 3.05) is 12.4 Å². The first-order valence-corrected chi connectivity index (χ1v) is 11.4. The minimum absolute atomic E-state index is 0.00000593. The van der Waals surface area contributed by atoms with Crippen molar-refractivity contribution in [1.29, 1.82) is 0 Å². The van der Waals surface area contributed by atoms with E-state index in [1.807, 2.05) is 91.0 Å². The van der Waals surface area contributed by atoms with Crippen LogP contribution in [0.3, 0.4) is 0 Å². The topological polar surface area (TPSA) is 75.6 Å². The zero-order valence-corrected chi connectivity index (χ0v) is 19.7. The van der Waals surface area contributed by atoms with E-state index in [1.165, 1.54) is 0 Å². The summed E-state index contributed by atoms with van der Waals surface area (Å²) in [5.41, 5.74) is 0.823. The van der Waals surface area contributed by atoms with Gasteiger partial charge in [-0.2, -0.15) is 12.6 Å². The summed E-state index contributed by atoms with van der Waals surface area (Å²) in [6.45, 7) is 3.54. The predicted molar refractivity (Wildman–Crippen MR) is 132 cm³/mol. The molecule has 0 heterocycles. The molecule has 0 radical (unpaired) electrons. The number of benzene rings is 3. The first kappa shape index (κ1) is 24.6. The highest BCUT2D eigenvalue weighted by molar-refractivity contribution is 7.80. The molecule has 0 saturated heterocycles. The molecule has 33 heavy (non-hydrogen) atoms. The molecule has 3 aromatic carbocycles. The number of rotatable bonds is 10. The van der Waals surface area contributed by atoms with Gasteiger partial charge in [0.05, 0.1) is 12.0 Å². The largest absolute Gasteiger partial charge is 0.480 e. The fourth-order valence-corrected chi connectivity index (χ4v) is 3.91. The van der Waals surface area contributed by atoms with Crippen LogP contribution in [0.25, 0.3) is 0 Å². The molecule has 3 aromatic rings. The number of ether oxygens (including phenoxy) is 1. The fraction of sp³-hybridized carbons (Fsp3) is 0.259. The fourth-order valence-electron chi connectivity index (χ4n) is 3.66. The molecule has 1 atom stereocenters. The van der Waals surface area contributed by atoms with Crippen LogP contribution in [0.1, 0.15) is 30.5 Å². The molecule has 1 amide bonds. The van der Waals surface area contributed by atoms with Crippen LogP contribution in [0.2, 0.25) is 0 Å². The highest BCUT2D eigenvalue weighted by atomic mass is 32.1. The van der Waals surface area contributed by atoms with Crippen molar-refractivity contribution in [3.63, 3.8) is 0 Å². The summed E-state index contributed by atoms with van der Waals surface area (Å²) in [5.74, 6) is -1.53. The van der Waals surface area contributed by atoms with Gasteiger partial charge in [-0.15, -0.1) is 0 Å². The van der Waals surface area contributed by atoms with Crippen LogP contribution in [-0.4, -0.2) is 35.4 Å². The number of carbonyl (C=O) groups excluding carboxylic acids is 1. The van der Waals surface area contributed by atoms with Gasteiger partial charge in [-0.05, 0) is 30.5 Å². The van der Waals surface area contributed by atoms with E-state index in [1.54, 1.807) is 13.8 Å². The number of hydrogen-bond acceptors (Lipinski definition) is 4. The maximum Gasteiger partial charge on any atom is 0.327 e. The molecule has 0 aliphatic carbocycles. The van der Waals surface area contributed by atoms with Crippen LogP contribution in [0.5, 0.6) is 0 Å². The van der Waals surface area contributed by atoms with Crippen LogP contribution in [0, 0.1) is 5.41 Å². The lowest BCUT2D eigenvalue weighted by atomic mass is 9.79. The van der Waals surface area contributed by atoms with Gasteiger partial charge in [0.15, 0.2) is 0 Å². The van der Waals surface area contributed by atoms with E-state index >= 15 is 0 Å². The van der Waals surface area contributed by atoms with Gasteiger partial charge >= 0.3 is 5.97 Å². The second-order valence-corrected chi connectivity index (χ2v) is 8.86. The lowest BCUT2D eigenvalue weighted by molar-refractivity contribution is -0.144. The van der Waals surface area contributed by atoms with Gasteiger partial charge in [0.1, 0.15) is 11.6 Å². The average molecular weight is 464 g/mol. The number of aliphatic carboxylic acids is 1. The monoisotopic (exact) mass is 463 g/mol. The maximum atomic E-state index is 13.0. The van der Waals surface area contributed by atoms with Crippen molar-refractivity contribution in [3.8, 4) is 0 Å². The molecule has 3 rings (SSSR count). The number of carboxylic acid groups (broad SMARTS) is 1. The number of nitrogens with one attached hydrogen (secondary N) is 1. The molecule has 0 bridgehead atoms. The zero-order valence-electron chi connectivity index (χ0n) is 18.8. The van der Waals surface area contributed by atoms with Gasteiger partial charge in [-0.25, -0.2) is 4.79 Å². The molecule has 0 fully saturated rings. The maximum absolute atomic E-state index is 13.0. The van der Waals surface area contributed by atoms with E-state index in [9.17, 15) is 14.7 Å². The number of carboxylic acids is 1. The Balaban J connectivity index is 2.04. The van der Waals surface area contributed by atoms with E-state index in [0.717, 1.165) is 16.7 Å². The Bertz CT molecular complexity index is 959. The normalized spacial score (nSPS) is 12.7. The van der Waals surface area contributed by atoms with E-state index in [-0.39, 0.29) is 12.4 Å². The van der Waals surface area contributed by atoms with Crippen molar-refractivity contribution < 1.29 is 19.4 Å². The summed E-state index contributed by atoms with van der Waals surface area (Å²) in [4.78, 5) is 24.3. The summed E-state index contributed by atoms with van der Waals surface area (Å²) in [5, 5.41) is 11.9. The Kier molecular flexibility index (Phi) is 7.95. The first-order valence-electron chi connectivity index (χ1n) is 10.8. The third kappa shape index (κ3) is 5.46. The minimum atomic E-state index is -1.12. The predicted octanol–water partition coefficient (Wildman–Crippen LogP) is 4.52. The third-order valence-corrected chi connectivity index (χ3v) is 5.96. The van der Waals surface area contributed by atoms with E-state index < -0.39 is 28.9 Å². The quantitative estimate of drug-likeness (QED) is 0.305. The Hall–Kier alpha value is -3.09. The zero-order chi connectivity index (χ0) is 23.9. The van der Waals surface area contributed by atoms with Crippen molar-refractivity contribution in [3.05, 3.63) is 108 Å². The lowest BCUT2D eigenvalue weighted by Crippen LogP contribution is -2.50. The molecule has 172 valence electrons. The van der Waals surface area contributed by atoms with Crippen molar-refractivity contribution in [2.24, 2.45) is 5.41 Å². The summed E-state index contributed by atoms with van der Waals surface area (Å²) >= 11 is 4.04. The molecule has 0 aliphatic rings. The lowest BCUT2D eigenvalue weighted by Gasteiger charge is -2.38. The Morgan fingerprint density at radius 1 is 0.848 bits per heavy atom. The SMILES string of the molecule is CC(C)(COC(c1ccccc1)(c1ccccc1)c1ccccc1)C(=O)N[C@@H](CS)C(=O)O. The second kappa shape index (κ2) is 10.7. The van der Waals surface area contributed by atoms with Crippen LogP contribution in [0.4, 0.5) is 0 Å². The summed E-state index contributed by atoms with van der Waals surface area (Å²) in [7, 11) is 0. The van der Waals surface area contributed by atoms with Crippen molar-refractivity contribution >= 4 is 24.5 Å². The van der Waals surface area contributed by atoms with Gasteiger partial charge in [-0.1, -0.05) is 91.0 Å². The number of carbonyl (C=O) groups is 2. The Morgan fingerprint density at radius 3 is 1.58 bits per heavy atom. The standard InChI is InChI=1S/C27H29NO4S/c1-26(2,25(31)28-23(18-33)24(29)30)19-32-27(20-12-6-3-7-13-20,21-14-8-4-9-15-21)22-16-10-5-11-17-22/h3-17,23,33H,18-19H2,1-2H3,(H,28,31)(H,29,30)/t23-/m0/s1. The molecule has 0 unspecified atom stereocenters. The first-order chi connectivity index (χ1) is 15.8. The molecule has 0 saturated carbocycles. The van der Waals surface area contributed by atoms with Gasteiger partial charge in [0.2, 0.25) is 5.91 Å². The van der Waals surface area contributed by atoms with Gasteiger partial charge < -0.3 is 15.2 Å². The Morgan fingerprint density at radius 2 is 1.24 bits per heavy atom. The van der Waals surface area contributed by atoms with Crippen molar-refractivity contribution in [1.82, 2.24) is 5.32 Å². The Labute approximate surface area is 200 Å². The second-order valence-electron chi connectivity index (χ2n) is 8.50. The van der Waals surface area contributed by atoms with Crippen LogP contribution < -0.4 is 5.32 Å². The highest BCUT2D eigenvalue weighted by Gasteiger charge is 2.41. The smallest absolute Gasteiger partial charge is 0.327 e. The number of amides is 1. The molecular weight excluding hydrogens is 434 g/mol. The van der Waals surface area contributed by atoms with Crippen LogP contribution in [0.15, 0.2) is 91.0 Å². The van der Waals surface area contributed by atoms with E-state index in [0.29, 0.717) is 0 Å². The molecule has 0 spiro atoms. The molecule has 5 nitrogen and oxygen atoms in total.